The Hall–Kier alpha value is -3.15. The summed E-state index contributed by atoms with van der Waals surface area (Å²) in [6.45, 7) is 5.20. The number of ether oxygens (including phenoxy) is 1. The summed E-state index contributed by atoms with van der Waals surface area (Å²) in [5.74, 6) is -1.34. The Morgan fingerprint density at radius 1 is 0.963 bits per heavy atom. The van der Waals surface area contributed by atoms with Crippen molar-refractivity contribution in [3.63, 3.8) is 0 Å². The Kier molecular flexibility index (Phi) is 6.71. The molecule has 0 fully saturated rings. The van der Waals surface area contributed by atoms with Gasteiger partial charge in [-0.15, -0.1) is 0 Å². The number of anilines is 1. The molecule has 0 aliphatic rings. The average Bonchev–Trinajstić information content (AvgIpc) is 2.62. The smallest absolute Gasteiger partial charge is 0.338 e. The van der Waals surface area contributed by atoms with E-state index < -0.39 is 18.5 Å². The Morgan fingerprint density at radius 2 is 1.59 bits per heavy atom. The molecule has 0 bridgehead atoms. The van der Waals surface area contributed by atoms with Gasteiger partial charge in [0.05, 0.1) is 12.1 Å². The van der Waals surface area contributed by atoms with Crippen LogP contribution in [0.4, 0.5) is 5.69 Å². The van der Waals surface area contributed by atoms with Crippen LogP contribution in [0.5, 0.6) is 0 Å². The number of amides is 2. The van der Waals surface area contributed by atoms with Crippen LogP contribution >= 0.6 is 0 Å². The maximum Gasteiger partial charge on any atom is 0.338 e. The molecule has 2 rings (SSSR count). The van der Waals surface area contributed by atoms with Crippen LogP contribution in [0.3, 0.4) is 0 Å². The number of carbonyl (C=O) groups is 3. The lowest BCUT2D eigenvalue weighted by molar-refractivity contribution is -0.136. The molecule has 0 unspecified atom stereocenters. The van der Waals surface area contributed by atoms with E-state index in [0.29, 0.717) is 11.3 Å². The zero-order chi connectivity index (χ0) is 20.0. The van der Waals surface area contributed by atoms with Crippen molar-refractivity contribution in [2.45, 2.75) is 20.8 Å². The SMILES string of the molecule is Cc1ccc(C(=O)OCC(=O)N(C)CC(=O)Nc2cc(C)ccc2C)cc1. The van der Waals surface area contributed by atoms with E-state index in [-0.39, 0.29) is 12.5 Å². The maximum absolute atomic E-state index is 12.2. The number of likely N-dealkylation sites (N-methyl/N-ethyl adjacent to an activating group) is 1. The fourth-order valence-corrected chi connectivity index (χ4v) is 2.37. The molecule has 2 amide bonds. The highest BCUT2D eigenvalue weighted by Gasteiger charge is 2.16. The Balaban J connectivity index is 1.84. The molecule has 0 spiro atoms. The molecule has 27 heavy (non-hydrogen) atoms. The molecule has 0 aliphatic heterocycles. The summed E-state index contributed by atoms with van der Waals surface area (Å²) in [6.07, 6.45) is 0. The highest BCUT2D eigenvalue weighted by atomic mass is 16.5. The molecule has 2 aromatic rings. The standard InChI is InChI=1S/C21H24N2O4/c1-14-6-9-17(10-7-14)21(26)27-13-20(25)23(4)12-19(24)22-18-11-15(2)5-8-16(18)3/h5-11H,12-13H2,1-4H3,(H,22,24). The van der Waals surface area contributed by atoms with E-state index in [1.54, 1.807) is 24.3 Å². The van der Waals surface area contributed by atoms with Crippen LogP contribution in [-0.4, -0.2) is 42.9 Å². The summed E-state index contributed by atoms with van der Waals surface area (Å²) in [5, 5.41) is 2.79. The van der Waals surface area contributed by atoms with Crippen molar-refractivity contribution in [3.8, 4) is 0 Å². The van der Waals surface area contributed by atoms with Gasteiger partial charge in [-0.25, -0.2) is 4.79 Å². The van der Waals surface area contributed by atoms with Crippen molar-refractivity contribution in [2.24, 2.45) is 0 Å². The first kappa shape index (κ1) is 20.2. The lowest BCUT2D eigenvalue weighted by Crippen LogP contribution is -2.37. The van der Waals surface area contributed by atoms with Crippen molar-refractivity contribution >= 4 is 23.5 Å². The van der Waals surface area contributed by atoms with Gasteiger partial charge in [-0.2, -0.15) is 0 Å². The summed E-state index contributed by atoms with van der Waals surface area (Å²) in [7, 11) is 1.49. The van der Waals surface area contributed by atoms with Crippen molar-refractivity contribution < 1.29 is 19.1 Å². The summed E-state index contributed by atoms with van der Waals surface area (Å²) in [6, 6.07) is 12.6. The van der Waals surface area contributed by atoms with Crippen LogP contribution in [0.15, 0.2) is 42.5 Å². The molecule has 2 aromatic carbocycles. The molecule has 6 nitrogen and oxygen atoms in total. The van der Waals surface area contributed by atoms with E-state index >= 15 is 0 Å². The lowest BCUT2D eigenvalue weighted by Gasteiger charge is -2.17. The molecule has 0 aromatic heterocycles. The summed E-state index contributed by atoms with van der Waals surface area (Å²) in [5.41, 5.74) is 4.09. The first-order valence-corrected chi connectivity index (χ1v) is 8.61. The Labute approximate surface area is 159 Å². The van der Waals surface area contributed by atoms with Crippen molar-refractivity contribution in [3.05, 3.63) is 64.7 Å². The molecule has 0 saturated heterocycles. The number of carbonyl (C=O) groups excluding carboxylic acids is 3. The van der Waals surface area contributed by atoms with Gasteiger partial charge >= 0.3 is 5.97 Å². The van der Waals surface area contributed by atoms with Crippen molar-refractivity contribution in [1.82, 2.24) is 4.90 Å². The fraction of sp³-hybridized carbons (Fsp3) is 0.286. The van der Waals surface area contributed by atoms with Crippen LogP contribution in [0.1, 0.15) is 27.0 Å². The minimum atomic E-state index is -0.573. The van der Waals surface area contributed by atoms with Crippen LogP contribution < -0.4 is 5.32 Å². The van der Waals surface area contributed by atoms with Gasteiger partial charge in [0.1, 0.15) is 0 Å². The normalized spacial score (nSPS) is 10.2. The van der Waals surface area contributed by atoms with E-state index in [4.69, 9.17) is 4.74 Å². The quantitative estimate of drug-likeness (QED) is 0.796. The van der Waals surface area contributed by atoms with Gasteiger partial charge in [-0.3, -0.25) is 9.59 Å². The number of esters is 1. The van der Waals surface area contributed by atoms with Gasteiger partial charge in [0.25, 0.3) is 5.91 Å². The van der Waals surface area contributed by atoms with Crippen molar-refractivity contribution in [2.75, 3.05) is 25.5 Å². The molecule has 0 saturated carbocycles. The molecular weight excluding hydrogens is 344 g/mol. The van der Waals surface area contributed by atoms with Crippen LogP contribution in [0.2, 0.25) is 0 Å². The molecule has 0 atom stereocenters. The predicted octanol–water partition coefficient (Wildman–Crippen LogP) is 2.87. The van der Waals surface area contributed by atoms with Gasteiger partial charge in [0.15, 0.2) is 6.61 Å². The number of aryl methyl sites for hydroxylation is 3. The van der Waals surface area contributed by atoms with Gasteiger partial charge < -0.3 is 15.0 Å². The third kappa shape index (κ3) is 5.95. The van der Waals surface area contributed by atoms with Gasteiger partial charge in [0, 0.05) is 12.7 Å². The number of nitrogens with zero attached hydrogens (tertiary/aromatic N) is 1. The van der Waals surface area contributed by atoms with Gasteiger partial charge in [-0.05, 0) is 50.1 Å². The fourth-order valence-electron chi connectivity index (χ4n) is 2.37. The first-order chi connectivity index (χ1) is 12.8. The predicted molar refractivity (Wildman–Crippen MR) is 104 cm³/mol. The number of hydrogen-bond donors (Lipinski definition) is 1. The monoisotopic (exact) mass is 368 g/mol. The third-order valence-electron chi connectivity index (χ3n) is 4.09. The van der Waals surface area contributed by atoms with E-state index in [1.807, 2.05) is 39.0 Å². The second-order valence-electron chi connectivity index (χ2n) is 6.56. The van der Waals surface area contributed by atoms with Crippen LogP contribution in [0.25, 0.3) is 0 Å². The van der Waals surface area contributed by atoms with Crippen molar-refractivity contribution in [1.29, 1.82) is 0 Å². The zero-order valence-electron chi connectivity index (χ0n) is 16.0. The second kappa shape index (κ2) is 8.98. The Bertz CT molecular complexity index is 844. The molecule has 1 N–H and O–H groups in total. The minimum absolute atomic E-state index is 0.131. The summed E-state index contributed by atoms with van der Waals surface area (Å²) >= 11 is 0. The second-order valence-corrected chi connectivity index (χ2v) is 6.56. The largest absolute Gasteiger partial charge is 0.452 e. The summed E-state index contributed by atoms with van der Waals surface area (Å²) < 4.78 is 5.02. The van der Waals surface area contributed by atoms with E-state index in [9.17, 15) is 14.4 Å². The zero-order valence-corrected chi connectivity index (χ0v) is 16.0. The highest BCUT2D eigenvalue weighted by molar-refractivity contribution is 5.96. The van der Waals surface area contributed by atoms with E-state index in [0.717, 1.165) is 16.7 Å². The molecule has 0 radical (unpaired) electrons. The number of rotatable bonds is 6. The van der Waals surface area contributed by atoms with Crippen LogP contribution in [-0.2, 0) is 14.3 Å². The van der Waals surface area contributed by atoms with E-state index in [2.05, 4.69) is 5.32 Å². The Morgan fingerprint density at radius 3 is 2.26 bits per heavy atom. The third-order valence-corrected chi connectivity index (χ3v) is 4.09. The minimum Gasteiger partial charge on any atom is -0.452 e. The van der Waals surface area contributed by atoms with Crippen LogP contribution in [0, 0.1) is 20.8 Å². The first-order valence-electron chi connectivity index (χ1n) is 8.61. The molecule has 0 heterocycles. The molecule has 0 aliphatic carbocycles. The average molecular weight is 368 g/mol. The molecular formula is C21H24N2O4. The topological polar surface area (TPSA) is 75.7 Å². The van der Waals surface area contributed by atoms with Gasteiger partial charge in [0.2, 0.25) is 5.91 Å². The van der Waals surface area contributed by atoms with E-state index in [1.165, 1.54) is 11.9 Å². The lowest BCUT2D eigenvalue weighted by atomic mass is 10.1. The molecule has 142 valence electrons. The number of benzene rings is 2. The summed E-state index contributed by atoms with van der Waals surface area (Å²) in [4.78, 5) is 37.4. The maximum atomic E-state index is 12.2. The molecule has 6 heteroatoms. The van der Waals surface area contributed by atoms with Gasteiger partial charge in [-0.1, -0.05) is 29.8 Å². The number of hydrogen-bond acceptors (Lipinski definition) is 4. The number of nitrogens with one attached hydrogen (secondary N) is 1. The highest BCUT2D eigenvalue weighted by Crippen LogP contribution is 2.16.